The van der Waals surface area contributed by atoms with Crippen molar-refractivity contribution in [1.29, 1.82) is 0 Å². The lowest BCUT2D eigenvalue weighted by Crippen LogP contribution is -2.32. The molecule has 0 saturated carbocycles. The minimum atomic E-state index is -0.191. The number of halogens is 1. The van der Waals surface area contributed by atoms with Crippen molar-refractivity contribution in [2.45, 2.75) is 32.9 Å². The molecule has 3 heteroatoms. The lowest BCUT2D eigenvalue weighted by molar-refractivity contribution is 0.124. The van der Waals surface area contributed by atoms with Crippen molar-refractivity contribution in [3.8, 4) is 0 Å². The Morgan fingerprint density at radius 3 is 2.75 bits per heavy atom. The van der Waals surface area contributed by atoms with Crippen molar-refractivity contribution < 1.29 is 9.13 Å². The maximum atomic E-state index is 13.0. The minimum Gasteiger partial charge on any atom is -0.380 e. The molecular weight excluding hydrogens is 205 g/mol. The predicted octanol–water partition coefficient (Wildman–Crippen LogP) is 2.90. The summed E-state index contributed by atoms with van der Waals surface area (Å²) in [6.07, 6.45) is 0. The van der Waals surface area contributed by atoms with Crippen LogP contribution >= 0.6 is 0 Å². The largest absolute Gasteiger partial charge is 0.380 e. The molecule has 0 bridgehead atoms. The number of benzene rings is 1. The molecule has 0 fully saturated rings. The van der Waals surface area contributed by atoms with E-state index in [2.05, 4.69) is 12.2 Å². The minimum absolute atomic E-state index is 0.131. The molecule has 0 amide bonds. The summed E-state index contributed by atoms with van der Waals surface area (Å²) in [6, 6.07) is 7.07. The molecule has 0 aliphatic heterocycles. The molecule has 2 atom stereocenters. The Morgan fingerprint density at radius 1 is 1.38 bits per heavy atom. The third-order valence-corrected chi connectivity index (χ3v) is 2.46. The Balaban J connectivity index is 2.48. The Morgan fingerprint density at radius 2 is 2.12 bits per heavy atom. The van der Waals surface area contributed by atoms with Gasteiger partial charge in [0, 0.05) is 18.7 Å². The highest BCUT2D eigenvalue weighted by Gasteiger charge is 2.09. The monoisotopic (exact) mass is 225 g/mol. The van der Waals surface area contributed by atoms with Crippen LogP contribution in [-0.2, 0) is 4.74 Å². The average Bonchev–Trinajstić information content (AvgIpc) is 2.26. The van der Waals surface area contributed by atoms with E-state index in [9.17, 15) is 4.39 Å². The van der Waals surface area contributed by atoms with Crippen LogP contribution < -0.4 is 5.32 Å². The molecule has 1 aromatic carbocycles. The lowest BCUT2D eigenvalue weighted by atomic mass is 10.1. The van der Waals surface area contributed by atoms with Gasteiger partial charge in [0.2, 0.25) is 0 Å². The molecule has 0 radical (unpaired) electrons. The molecule has 2 nitrogen and oxygen atoms in total. The zero-order chi connectivity index (χ0) is 12.0. The molecule has 0 aromatic heterocycles. The van der Waals surface area contributed by atoms with Gasteiger partial charge >= 0.3 is 0 Å². The van der Waals surface area contributed by atoms with E-state index in [-0.39, 0.29) is 17.9 Å². The number of nitrogens with one attached hydrogen (secondary N) is 1. The highest BCUT2D eigenvalue weighted by atomic mass is 19.1. The van der Waals surface area contributed by atoms with Gasteiger partial charge in [-0.1, -0.05) is 12.1 Å². The molecule has 1 N–H and O–H groups in total. The van der Waals surface area contributed by atoms with E-state index < -0.39 is 0 Å². The summed E-state index contributed by atoms with van der Waals surface area (Å²) in [5, 5.41) is 3.37. The summed E-state index contributed by atoms with van der Waals surface area (Å²) in [4.78, 5) is 0. The molecule has 0 aliphatic rings. The van der Waals surface area contributed by atoms with Crippen LogP contribution in [0.2, 0.25) is 0 Å². The smallest absolute Gasteiger partial charge is 0.123 e. The highest BCUT2D eigenvalue weighted by Crippen LogP contribution is 2.13. The maximum absolute atomic E-state index is 13.0. The Kier molecular flexibility index (Phi) is 5.43. The number of rotatable bonds is 6. The van der Waals surface area contributed by atoms with Crippen molar-refractivity contribution in [1.82, 2.24) is 5.32 Å². The molecule has 1 aromatic rings. The third-order valence-electron chi connectivity index (χ3n) is 2.46. The van der Waals surface area contributed by atoms with E-state index in [4.69, 9.17) is 4.74 Å². The molecule has 0 aliphatic carbocycles. The predicted molar refractivity (Wildman–Crippen MR) is 63.9 cm³/mol. The van der Waals surface area contributed by atoms with Gasteiger partial charge in [-0.3, -0.25) is 0 Å². The van der Waals surface area contributed by atoms with Gasteiger partial charge < -0.3 is 10.1 Å². The van der Waals surface area contributed by atoms with Crippen molar-refractivity contribution in [3.63, 3.8) is 0 Å². The third kappa shape index (κ3) is 4.29. The summed E-state index contributed by atoms with van der Waals surface area (Å²) >= 11 is 0. The number of ether oxygens (including phenoxy) is 1. The van der Waals surface area contributed by atoms with Crippen LogP contribution in [0, 0.1) is 5.82 Å². The first-order chi connectivity index (χ1) is 7.63. The van der Waals surface area contributed by atoms with Gasteiger partial charge in [0.15, 0.2) is 0 Å². The Labute approximate surface area is 96.8 Å². The van der Waals surface area contributed by atoms with Crippen LogP contribution in [-0.4, -0.2) is 19.3 Å². The van der Waals surface area contributed by atoms with Crippen molar-refractivity contribution in [3.05, 3.63) is 35.6 Å². The summed E-state index contributed by atoms with van der Waals surface area (Å²) in [5.74, 6) is -0.191. The second-order valence-electron chi connectivity index (χ2n) is 4.00. The van der Waals surface area contributed by atoms with Gasteiger partial charge in [-0.05, 0) is 38.5 Å². The van der Waals surface area contributed by atoms with E-state index in [1.165, 1.54) is 6.07 Å². The van der Waals surface area contributed by atoms with E-state index in [1.54, 1.807) is 12.1 Å². The molecule has 1 rings (SSSR count). The molecule has 0 saturated heterocycles. The van der Waals surface area contributed by atoms with Gasteiger partial charge in [-0.15, -0.1) is 0 Å². The fraction of sp³-hybridized carbons (Fsp3) is 0.538. The summed E-state index contributed by atoms with van der Waals surface area (Å²) < 4.78 is 18.3. The molecule has 2 unspecified atom stereocenters. The fourth-order valence-electron chi connectivity index (χ4n) is 1.64. The van der Waals surface area contributed by atoms with E-state index in [0.29, 0.717) is 6.61 Å². The zero-order valence-electron chi connectivity index (χ0n) is 10.2. The van der Waals surface area contributed by atoms with Crippen LogP contribution in [0.3, 0.4) is 0 Å². The van der Waals surface area contributed by atoms with E-state index >= 15 is 0 Å². The highest BCUT2D eigenvalue weighted by molar-refractivity contribution is 5.19. The van der Waals surface area contributed by atoms with Gasteiger partial charge in [0.25, 0.3) is 0 Å². The van der Waals surface area contributed by atoms with Crippen molar-refractivity contribution in [2.24, 2.45) is 0 Å². The zero-order valence-corrected chi connectivity index (χ0v) is 10.2. The van der Waals surface area contributed by atoms with Crippen LogP contribution in [0.1, 0.15) is 32.4 Å². The van der Waals surface area contributed by atoms with Crippen LogP contribution in [0.25, 0.3) is 0 Å². The van der Waals surface area contributed by atoms with Crippen LogP contribution in [0.5, 0.6) is 0 Å². The first kappa shape index (κ1) is 13.1. The molecule has 90 valence electrons. The van der Waals surface area contributed by atoms with Crippen molar-refractivity contribution in [2.75, 3.05) is 13.2 Å². The quantitative estimate of drug-likeness (QED) is 0.803. The van der Waals surface area contributed by atoms with Crippen molar-refractivity contribution >= 4 is 0 Å². The van der Waals surface area contributed by atoms with Crippen LogP contribution in [0.15, 0.2) is 24.3 Å². The molecule has 16 heavy (non-hydrogen) atoms. The molecular formula is C13H20FNO. The second kappa shape index (κ2) is 6.61. The summed E-state index contributed by atoms with van der Waals surface area (Å²) in [6.45, 7) is 7.46. The van der Waals surface area contributed by atoms with Gasteiger partial charge in [0.1, 0.15) is 5.82 Å². The topological polar surface area (TPSA) is 21.3 Å². The maximum Gasteiger partial charge on any atom is 0.123 e. The Bertz CT molecular complexity index is 317. The number of hydrogen-bond donors (Lipinski definition) is 1. The van der Waals surface area contributed by atoms with Crippen LogP contribution in [0.4, 0.5) is 4.39 Å². The van der Waals surface area contributed by atoms with E-state index in [1.807, 2.05) is 19.9 Å². The van der Waals surface area contributed by atoms with Gasteiger partial charge in [-0.25, -0.2) is 4.39 Å². The first-order valence-electron chi connectivity index (χ1n) is 5.72. The first-order valence-corrected chi connectivity index (χ1v) is 5.72. The standard InChI is InChI=1S/C13H20FNO/c1-4-16-9-10(2)15-11(3)12-6-5-7-13(14)8-12/h5-8,10-11,15H,4,9H2,1-3H3. The molecule has 0 spiro atoms. The number of hydrogen-bond acceptors (Lipinski definition) is 2. The van der Waals surface area contributed by atoms with Gasteiger partial charge in [0.05, 0.1) is 6.61 Å². The molecule has 0 heterocycles. The fourth-order valence-corrected chi connectivity index (χ4v) is 1.64. The normalized spacial score (nSPS) is 14.8. The lowest BCUT2D eigenvalue weighted by Gasteiger charge is -2.20. The summed E-state index contributed by atoms with van der Waals surface area (Å²) in [5.41, 5.74) is 0.961. The van der Waals surface area contributed by atoms with Gasteiger partial charge in [-0.2, -0.15) is 0 Å². The van der Waals surface area contributed by atoms with E-state index in [0.717, 1.165) is 12.2 Å². The average molecular weight is 225 g/mol. The SMILES string of the molecule is CCOCC(C)NC(C)c1cccc(F)c1. The summed E-state index contributed by atoms with van der Waals surface area (Å²) in [7, 11) is 0. The second-order valence-corrected chi connectivity index (χ2v) is 4.00. The Hall–Kier alpha value is -0.930.